The molecule has 1 fully saturated rings. The van der Waals surface area contributed by atoms with Crippen LogP contribution in [0, 0.1) is 0 Å². The van der Waals surface area contributed by atoms with Crippen molar-refractivity contribution in [3.63, 3.8) is 0 Å². The van der Waals surface area contributed by atoms with Gasteiger partial charge in [0, 0.05) is 35.9 Å². The predicted molar refractivity (Wildman–Crippen MR) is 127 cm³/mol. The van der Waals surface area contributed by atoms with Crippen LogP contribution in [0.25, 0.3) is 22.2 Å². The van der Waals surface area contributed by atoms with Crippen molar-refractivity contribution in [2.24, 2.45) is 0 Å². The van der Waals surface area contributed by atoms with Gasteiger partial charge in [-0.25, -0.2) is 14.8 Å². The van der Waals surface area contributed by atoms with E-state index in [1.54, 1.807) is 0 Å². The molecule has 164 valence electrons. The molecule has 0 spiro atoms. The zero-order chi connectivity index (χ0) is 22.0. The first-order valence-electron chi connectivity index (χ1n) is 10.5. The van der Waals surface area contributed by atoms with Crippen molar-refractivity contribution in [3.05, 3.63) is 34.6 Å². The van der Waals surface area contributed by atoms with Crippen LogP contribution in [0.15, 0.2) is 29.0 Å². The number of rotatable bonds is 5. The second-order valence-electron chi connectivity index (χ2n) is 8.01. The maximum Gasteiger partial charge on any atom is 0.411 e. The van der Waals surface area contributed by atoms with Crippen molar-refractivity contribution in [2.45, 2.75) is 38.6 Å². The number of fused-ring (bicyclic) bond motifs is 1. The molecule has 4 N–H and O–H groups in total. The average Bonchev–Trinajstić information content (AvgIpc) is 3.21. The van der Waals surface area contributed by atoms with Crippen LogP contribution < -0.4 is 16.0 Å². The fraction of sp³-hybridized carbons (Fsp3) is 0.409. The Hall–Kier alpha value is -2.65. The van der Waals surface area contributed by atoms with Crippen molar-refractivity contribution in [3.8, 4) is 11.3 Å². The highest BCUT2D eigenvalue weighted by atomic mass is 79.9. The zero-order valence-electron chi connectivity index (χ0n) is 17.9. The number of benzene rings is 1. The SMILES string of the molecule is COC(=O)Nc1ccc2c(-c3nc(N[C@H]4CCCNC4)ncc3C(C)C)c[nH]c2c1Br. The Balaban J connectivity index is 1.74. The number of hydrogen-bond donors (Lipinski definition) is 4. The molecule has 1 saturated heterocycles. The van der Waals surface area contributed by atoms with E-state index in [0.717, 1.165) is 58.1 Å². The van der Waals surface area contributed by atoms with Gasteiger partial charge in [-0.05, 0) is 52.9 Å². The fourth-order valence-corrected chi connectivity index (χ4v) is 4.43. The third kappa shape index (κ3) is 4.52. The molecule has 0 saturated carbocycles. The lowest BCUT2D eigenvalue weighted by Crippen LogP contribution is -2.38. The molecule has 4 rings (SSSR count). The van der Waals surface area contributed by atoms with E-state index in [-0.39, 0.29) is 5.92 Å². The standard InChI is InChI=1S/C22H27BrN6O2/c1-12(2)15-10-26-21(27-13-5-4-8-24-9-13)29-19(15)16-11-25-20-14(16)6-7-17(18(20)23)28-22(30)31-3/h6-7,10-13,24-25H,4-5,8-9H2,1-3H3,(H,28,30)(H,26,27,29)/t13-/m0/s1. The van der Waals surface area contributed by atoms with Gasteiger partial charge < -0.3 is 20.4 Å². The van der Waals surface area contributed by atoms with Crippen LogP contribution in [0.5, 0.6) is 0 Å². The number of piperidine rings is 1. The van der Waals surface area contributed by atoms with Gasteiger partial charge in [0.15, 0.2) is 0 Å². The van der Waals surface area contributed by atoms with Crippen LogP contribution in [0.2, 0.25) is 0 Å². The molecule has 1 aliphatic heterocycles. The van der Waals surface area contributed by atoms with Gasteiger partial charge in [0.05, 0.1) is 28.5 Å². The molecule has 1 amide bonds. The molecule has 0 radical (unpaired) electrons. The third-order valence-electron chi connectivity index (χ3n) is 5.54. The maximum absolute atomic E-state index is 11.6. The molecular weight excluding hydrogens is 460 g/mol. The summed E-state index contributed by atoms with van der Waals surface area (Å²) in [6.07, 6.45) is 5.61. The highest BCUT2D eigenvalue weighted by Crippen LogP contribution is 2.38. The van der Waals surface area contributed by atoms with Gasteiger partial charge in [0.2, 0.25) is 5.95 Å². The number of anilines is 2. The van der Waals surface area contributed by atoms with Gasteiger partial charge >= 0.3 is 6.09 Å². The Morgan fingerprint density at radius 1 is 1.35 bits per heavy atom. The molecule has 1 aliphatic rings. The van der Waals surface area contributed by atoms with E-state index < -0.39 is 6.09 Å². The van der Waals surface area contributed by atoms with Crippen molar-refractivity contribution < 1.29 is 9.53 Å². The number of H-pyrrole nitrogens is 1. The molecule has 9 heteroatoms. The van der Waals surface area contributed by atoms with Crippen molar-refractivity contribution in [2.75, 3.05) is 30.8 Å². The van der Waals surface area contributed by atoms with Gasteiger partial charge in [-0.15, -0.1) is 0 Å². The Kier molecular flexibility index (Phi) is 6.43. The first-order valence-corrected chi connectivity index (χ1v) is 11.3. The number of ether oxygens (including phenoxy) is 1. The molecule has 1 aromatic carbocycles. The lowest BCUT2D eigenvalue weighted by molar-refractivity contribution is 0.187. The smallest absolute Gasteiger partial charge is 0.411 e. The molecule has 3 aromatic rings. The highest BCUT2D eigenvalue weighted by Gasteiger charge is 2.20. The van der Waals surface area contributed by atoms with Gasteiger partial charge in [-0.3, -0.25) is 5.32 Å². The monoisotopic (exact) mass is 486 g/mol. The topological polar surface area (TPSA) is 104 Å². The number of amides is 1. The van der Waals surface area contributed by atoms with Crippen LogP contribution in [0.4, 0.5) is 16.4 Å². The van der Waals surface area contributed by atoms with Gasteiger partial charge in [-0.1, -0.05) is 19.9 Å². The summed E-state index contributed by atoms with van der Waals surface area (Å²) in [4.78, 5) is 24.5. The first kappa shape index (κ1) is 21.6. The summed E-state index contributed by atoms with van der Waals surface area (Å²) in [6.45, 7) is 6.27. The third-order valence-corrected chi connectivity index (χ3v) is 6.36. The minimum absolute atomic E-state index is 0.272. The Labute approximate surface area is 189 Å². The van der Waals surface area contributed by atoms with Gasteiger partial charge in [0.1, 0.15) is 0 Å². The summed E-state index contributed by atoms with van der Waals surface area (Å²) in [5.41, 5.74) is 4.50. The number of carbonyl (C=O) groups excluding carboxylic acids is 1. The Bertz CT molecular complexity index is 1090. The van der Waals surface area contributed by atoms with Crippen LogP contribution in [-0.2, 0) is 4.74 Å². The molecule has 8 nitrogen and oxygen atoms in total. The van der Waals surface area contributed by atoms with Crippen molar-refractivity contribution >= 4 is 44.6 Å². The van der Waals surface area contributed by atoms with E-state index in [1.165, 1.54) is 7.11 Å². The molecule has 31 heavy (non-hydrogen) atoms. The lowest BCUT2D eigenvalue weighted by Gasteiger charge is -2.24. The first-order chi connectivity index (χ1) is 15.0. The van der Waals surface area contributed by atoms with E-state index in [9.17, 15) is 4.79 Å². The molecule has 0 bridgehead atoms. The van der Waals surface area contributed by atoms with E-state index in [2.05, 4.69) is 55.7 Å². The van der Waals surface area contributed by atoms with E-state index in [1.807, 2.05) is 24.5 Å². The van der Waals surface area contributed by atoms with Crippen LogP contribution in [0.3, 0.4) is 0 Å². The lowest BCUT2D eigenvalue weighted by atomic mass is 9.98. The number of aromatic nitrogens is 3. The quantitative estimate of drug-likeness (QED) is 0.410. The van der Waals surface area contributed by atoms with Crippen LogP contribution in [-0.4, -0.2) is 47.3 Å². The average molecular weight is 487 g/mol. The number of nitrogens with one attached hydrogen (secondary N) is 4. The number of halogens is 1. The zero-order valence-corrected chi connectivity index (χ0v) is 19.5. The van der Waals surface area contributed by atoms with E-state index in [4.69, 9.17) is 9.72 Å². The van der Waals surface area contributed by atoms with Gasteiger partial charge in [0.25, 0.3) is 0 Å². The summed E-state index contributed by atoms with van der Waals surface area (Å²) in [7, 11) is 1.34. The number of nitrogens with zero attached hydrogens (tertiary/aromatic N) is 2. The summed E-state index contributed by atoms with van der Waals surface area (Å²) in [6, 6.07) is 4.15. The van der Waals surface area contributed by atoms with Crippen molar-refractivity contribution in [1.29, 1.82) is 0 Å². The molecule has 2 aromatic heterocycles. The summed E-state index contributed by atoms with van der Waals surface area (Å²) >= 11 is 3.60. The molecular formula is C22H27BrN6O2. The van der Waals surface area contributed by atoms with E-state index in [0.29, 0.717) is 17.7 Å². The minimum atomic E-state index is -0.516. The fourth-order valence-electron chi connectivity index (χ4n) is 3.87. The summed E-state index contributed by atoms with van der Waals surface area (Å²) in [5.74, 6) is 0.916. The van der Waals surface area contributed by atoms with Crippen LogP contribution >= 0.6 is 15.9 Å². The Morgan fingerprint density at radius 3 is 2.90 bits per heavy atom. The van der Waals surface area contributed by atoms with Gasteiger partial charge in [-0.2, -0.15) is 0 Å². The highest BCUT2D eigenvalue weighted by molar-refractivity contribution is 9.10. The predicted octanol–water partition coefficient (Wildman–Crippen LogP) is 4.85. The number of aromatic amines is 1. The second-order valence-corrected chi connectivity index (χ2v) is 8.80. The summed E-state index contributed by atoms with van der Waals surface area (Å²) in [5, 5.41) is 10.6. The maximum atomic E-state index is 11.6. The molecule has 0 unspecified atom stereocenters. The number of carbonyl (C=O) groups is 1. The normalized spacial score (nSPS) is 16.5. The van der Waals surface area contributed by atoms with E-state index >= 15 is 0 Å². The molecule has 3 heterocycles. The number of hydrogen-bond acceptors (Lipinski definition) is 6. The number of methoxy groups -OCH3 is 1. The minimum Gasteiger partial charge on any atom is -0.453 e. The van der Waals surface area contributed by atoms with Crippen LogP contribution in [0.1, 0.15) is 38.2 Å². The second kappa shape index (κ2) is 9.23. The molecule has 0 aliphatic carbocycles. The largest absolute Gasteiger partial charge is 0.453 e. The Morgan fingerprint density at radius 2 is 2.19 bits per heavy atom. The molecule has 1 atom stereocenters. The van der Waals surface area contributed by atoms with Crippen molar-refractivity contribution in [1.82, 2.24) is 20.3 Å². The summed E-state index contributed by atoms with van der Waals surface area (Å²) < 4.78 is 5.46.